The van der Waals surface area contributed by atoms with E-state index in [9.17, 15) is 19.5 Å². The summed E-state index contributed by atoms with van der Waals surface area (Å²) in [6.45, 7) is 9.65. The van der Waals surface area contributed by atoms with Crippen molar-refractivity contribution in [1.29, 1.82) is 0 Å². The van der Waals surface area contributed by atoms with Crippen LogP contribution in [0.3, 0.4) is 0 Å². The second-order valence-electron chi connectivity index (χ2n) is 8.31. The fourth-order valence-electron chi connectivity index (χ4n) is 2.21. The Bertz CT molecular complexity index is 876. The lowest BCUT2D eigenvalue weighted by Crippen LogP contribution is -2.35. The SMILES string of the molecule is CC(C)(C)CNC(=O)c1ccc(C(=O)Nc2cnn(C(C)(C)C(=O)O)c2)cc1. The molecule has 0 atom stereocenters. The number of carboxylic acids is 1. The zero-order chi connectivity index (χ0) is 21.1. The van der Waals surface area contributed by atoms with Crippen molar-refractivity contribution >= 4 is 23.5 Å². The molecule has 28 heavy (non-hydrogen) atoms. The van der Waals surface area contributed by atoms with E-state index in [1.54, 1.807) is 24.3 Å². The van der Waals surface area contributed by atoms with Crippen LogP contribution in [0.5, 0.6) is 0 Å². The van der Waals surface area contributed by atoms with Crippen molar-refractivity contribution in [1.82, 2.24) is 15.1 Å². The minimum Gasteiger partial charge on any atom is -0.479 e. The largest absolute Gasteiger partial charge is 0.479 e. The summed E-state index contributed by atoms with van der Waals surface area (Å²) >= 11 is 0. The Kier molecular flexibility index (Phi) is 5.92. The summed E-state index contributed by atoms with van der Waals surface area (Å²) < 4.78 is 1.27. The second-order valence-corrected chi connectivity index (χ2v) is 8.31. The lowest BCUT2D eigenvalue weighted by Gasteiger charge is -2.19. The van der Waals surface area contributed by atoms with Gasteiger partial charge in [0.05, 0.1) is 11.9 Å². The molecule has 0 radical (unpaired) electrons. The second kappa shape index (κ2) is 7.84. The molecule has 8 heteroatoms. The van der Waals surface area contributed by atoms with Crippen molar-refractivity contribution in [2.24, 2.45) is 5.41 Å². The molecule has 0 fully saturated rings. The van der Waals surface area contributed by atoms with Crippen molar-refractivity contribution in [3.05, 3.63) is 47.8 Å². The molecule has 1 heterocycles. The topological polar surface area (TPSA) is 113 Å². The molecule has 8 nitrogen and oxygen atoms in total. The third-order valence-corrected chi connectivity index (χ3v) is 4.13. The van der Waals surface area contributed by atoms with E-state index in [2.05, 4.69) is 15.7 Å². The molecular formula is C20H26N4O4. The summed E-state index contributed by atoms with van der Waals surface area (Å²) in [6.07, 6.45) is 2.84. The fourth-order valence-corrected chi connectivity index (χ4v) is 2.21. The van der Waals surface area contributed by atoms with Gasteiger partial charge in [-0.15, -0.1) is 0 Å². The molecular weight excluding hydrogens is 360 g/mol. The number of hydrogen-bond donors (Lipinski definition) is 3. The summed E-state index contributed by atoms with van der Waals surface area (Å²) in [5.74, 6) is -1.61. The zero-order valence-corrected chi connectivity index (χ0v) is 16.7. The van der Waals surface area contributed by atoms with Gasteiger partial charge < -0.3 is 15.7 Å². The molecule has 0 bridgehead atoms. The van der Waals surface area contributed by atoms with Crippen LogP contribution >= 0.6 is 0 Å². The molecule has 2 aromatic rings. The molecule has 0 unspecified atom stereocenters. The van der Waals surface area contributed by atoms with E-state index in [0.29, 0.717) is 23.4 Å². The molecule has 2 rings (SSSR count). The van der Waals surface area contributed by atoms with E-state index < -0.39 is 11.5 Å². The van der Waals surface area contributed by atoms with Crippen LogP contribution in [0.4, 0.5) is 5.69 Å². The van der Waals surface area contributed by atoms with Crippen molar-refractivity contribution < 1.29 is 19.5 Å². The van der Waals surface area contributed by atoms with Crippen LogP contribution in [0.25, 0.3) is 0 Å². The van der Waals surface area contributed by atoms with E-state index in [-0.39, 0.29) is 17.2 Å². The predicted octanol–water partition coefficient (Wildman–Crippen LogP) is 2.73. The van der Waals surface area contributed by atoms with Gasteiger partial charge in [-0.1, -0.05) is 20.8 Å². The summed E-state index contributed by atoms with van der Waals surface area (Å²) in [5.41, 5.74) is -0.0269. The molecule has 3 N–H and O–H groups in total. The zero-order valence-electron chi connectivity index (χ0n) is 16.7. The summed E-state index contributed by atoms with van der Waals surface area (Å²) in [5, 5.41) is 18.8. The number of nitrogens with one attached hydrogen (secondary N) is 2. The van der Waals surface area contributed by atoms with Gasteiger partial charge in [-0.25, -0.2) is 4.79 Å². The van der Waals surface area contributed by atoms with Gasteiger partial charge in [-0.2, -0.15) is 5.10 Å². The average Bonchev–Trinajstić information content (AvgIpc) is 3.08. The maximum absolute atomic E-state index is 12.4. The van der Waals surface area contributed by atoms with Crippen LogP contribution in [-0.2, 0) is 10.3 Å². The standard InChI is InChI=1S/C20H26N4O4/c1-19(2,3)12-21-16(25)13-6-8-14(9-7-13)17(26)23-15-10-22-24(11-15)20(4,5)18(27)28/h6-11H,12H2,1-5H3,(H,21,25)(H,23,26)(H,27,28). The summed E-state index contributed by atoms with van der Waals surface area (Å²) in [4.78, 5) is 35.8. The Morgan fingerprint density at radius 3 is 2.04 bits per heavy atom. The van der Waals surface area contributed by atoms with Gasteiger partial charge in [0.15, 0.2) is 5.54 Å². The number of amides is 2. The molecule has 1 aromatic heterocycles. The highest BCUT2D eigenvalue weighted by Crippen LogP contribution is 2.18. The molecule has 0 spiro atoms. The fraction of sp³-hybridized carbons (Fsp3) is 0.400. The van der Waals surface area contributed by atoms with Gasteiger partial charge in [0.25, 0.3) is 11.8 Å². The van der Waals surface area contributed by atoms with Gasteiger partial charge >= 0.3 is 5.97 Å². The highest BCUT2D eigenvalue weighted by molar-refractivity contribution is 6.05. The van der Waals surface area contributed by atoms with Gasteiger partial charge in [-0.05, 0) is 43.5 Å². The number of carboxylic acid groups (broad SMARTS) is 1. The highest BCUT2D eigenvalue weighted by atomic mass is 16.4. The number of aromatic nitrogens is 2. The Labute approximate surface area is 163 Å². The van der Waals surface area contributed by atoms with Crippen LogP contribution in [-0.4, -0.2) is 39.2 Å². The summed E-state index contributed by atoms with van der Waals surface area (Å²) in [7, 11) is 0. The molecule has 2 amide bonds. The maximum Gasteiger partial charge on any atom is 0.331 e. The van der Waals surface area contributed by atoms with Crippen molar-refractivity contribution in [2.75, 3.05) is 11.9 Å². The third kappa shape index (κ3) is 5.18. The van der Waals surface area contributed by atoms with Gasteiger partial charge in [0, 0.05) is 23.9 Å². The molecule has 0 aliphatic heterocycles. The third-order valence-electron chi connectivity index (χ3n) is 4.13. The van der Waals surface area contributed by atoms with Crippen molar-refractivity contribution in [3.63, 3.8) is 0 Å². The summed E-state index contributed by atoms with van der Waals surface area (Å²) in [6, 6.07) is 6.30. The lowest BCUT2D eigenvalue weighted by atomic mass is 9.97. The van der Waals surface area contributed by atoms with Crippen molar-refractivity contribution in [2.45, 2.75) is 40.2 Å². The first kappa shape index (κ1) is 21.1. The van der Waals surface area contributed by atoms with E-state index in [0.717, 1.165) is 0 Å². The quantitative estimate of drug-likeness (QED) is 0.706. The van der Waals surface area contributed by atoms with Gasteiger partial charge in [-0.3, -0.25) is 14.3 Å². The highest BCUT2D eigenvalue weighted by Gasteiger charge is 2.30. The molecule has 1 aromatic carbocycles. The number of rotatable bonds is 6. The Hall–Kier alpha value is -3.16. The number of benzene rings is 1. The van der Waals surface area contributed by atoms with E-state index in [1.165, 1.54) is 30.9 Å². The van der Waals surface area contributed by atoms with Crippen LogP contribution in [0, 0.1) is 5.41 Å². The number of carbonyl (C=O) groups is 3. The first-order chi connectivity index (χ1) is 12.9. The van der Waals surface area contributed by atoms with Crippen LogP contribution in [0.15, 0.2) is 36.7 Å². The Morgan fingerprint density at radius 2 is 1.54 bits per heavy atom. The molecule has 150 valence electrons. The minimum absolute atomic E-state index is 0.0187. The van der Waals surface area contributed by atoms with E-state index >= 15 is 0 Å². The molecule has 0 aliphatic rings. The lowest BCUT2D eigenvalue weighted by molar-refractivity contribution is -0.146. The Morgan fingerprint density at radius 1 is 1.00 bits per heavy atom. The van der Waals surface area contributed by atoms with Gasteiger partial charge in [0.2, 0.25) is 0 Å². The maximum atomic E-state index is 12.4. The number of nitrogens with zero attached hydrogens (tertiary/aromatic N) is 2. The number of hydrogen-bond acceptors (Lipinski definition) is 4. The monoisotopic (exact) mass is 386 g/mol. The van der Waals surface area contributed by atoms with Crippen LogP contribution in [0.1, 0.15) is 55.3 Å². The number of anilines is 1. The average molecular weight is 386 g/mol. The van der Waals surface area contributed by atoms with E-state index in [4.69, 9.17) is 0 Å². The van der Waals surface area contributed by atoms with Crippen molar-refractivity contribution in [3.8, 4) is 0 Å². The molecule has 0 saturated heterocycles. The predicted molar refractivity (Wildman–Crippen MR) is 105 cm³/mol. The number of carbonyl (C=O) groups excluding carboxylic acids is 2. The van der Waals surface area contributed by atoms with Gasteiger partial charge in [0.1, 0.15) is 0 Å². The minimum atomic E-state index is -1.23. The Balaban J connectivity index is 2.03. The first-order valence-corrected chi connectivity index (χ1v) is 8.88. The van der Waals surface area contributed by atoms with Crippen LogP contribution < -0.4 is 10.6 Å². The van der Waals surface area contributed by atoms with Crippen LogP contribution in [0.2, 0.25) is 0 Å². The smallest absolute Gasteiger partial charge is 0.331 e. The normalized spacial score (nSPS) is 11.8. The number of aliphatic carboxylic acids is 1. The molecule has 0 saturated carbocycles. The molecule has 0 aliphatic carbocycles. The first-order valence-electron chi connectivity index (χ1n) is 8.88. The van der Waals surface area contributed by atoms with E-state index in [1.807, 2.05) is 20.8 Å².